The highest BCUT2D eigenvalue weighted by molar-refractivity contribution is 7.80. The van der Waals surface area contributed by atoms with Crippen LogP contribution < -0.4 is 5.32 Å². The number of nitrogens with one attached hydrogen (secondary N) is 1. The number of rotatable bonds is 4. The van der Waals surface area contributed by atoms with Crippen LogP contribution in [-0.4, -0.2) is 11.5 Å². The molecule has 0 fully saturated rings. The van der Waals surface area contributed by atoms with E-state index >= 15 is 0 Å². The van der Waals surface area contributed by atoms with Crippen LogP contribution >= 0.6 is 12.2 Å². The zero-order valence-electron chi connectivity index (χ0n) is 13.6. The van der Waals surface area contributed by atoms with Crippen molar-refractivity contribution in [3.8, 4) is 11.1 Å². The number of aryl methyl sites for hydroxylation is 1. The minimum Gasteiger partial charge on any atom is -0.380 e. The van der Waals surface area contributed by atoms with Gasteiger partial charge in [0.1, 0.15) is 0 Å². The molecule has 1 nitrogen and oxygen atoms in total. The van der Waals surface area contributed by atoms with Gasteiger partial charge in [-0.2, -0.15) is 0 Å². The number of hydrogen-bond donors (Lipinski definition) is 1. The Kier molecular flexibility index (Phi) is 4.73. The van der Waals surface area contributed by atoms with Crippen LogP contribution in [-0.2, 0) is 6.42 Å². The summed E-state index contributed by atoms with van der Waals surface area (Å²) >= 11 is 5.09. The second-order valence-corrected chi connectivity index (χ2v) is 6.56. The Morgan fingerprint density at radius 3 is 2.43 bits per heavy atom. The maximum absolute atomic E-state index is 5.09. The molecule has 0 aliphatic heterocycles. The first-order chi connectivity index (χ1) is 11.1. The van der Waals surface area contributed by atoms with E-state index < -0.39 is 0 Å². The van der Waals surface area contributed by atoms with Gasteiger partial charge in [-0.1, -0.05) is 72.4 Å². The van der Waals surface area contributed by atoms with Crippen LogP contribution in [0.1, 0.15) is 18.1 Å². The zero-order chi connectivity index (χ0) is 16.2. The van der Waals surface area contributed by atoms with Gasteiger partial charge < -0.3 is 5.32 Å². The molecule has 0 saturated heterocycles. The molecule has 0 spiro atoms. The summed E-state index contributed by atoms with van der Waals surface area (Å²) in [6, 6.07) is 22.0. The van der Waals surface area contributed by atoms with Crippen LogP contribution in [0, 0.1) is 6.92 Å². The summed E-state index contributed by atoms with van der Waals surface area (Å²) in [5.41, 5.74) is 5.18. The van der Waals surface area contributed by atoms with Crippen molar-refractivity contribution in [3.63, 3.8) is 0 Å². The lowest BCUT2D eigenvalue weighted by Gasteiger charge is -2.10. The minimum absolute atomic E-state index is 0.852. The van der Waals surface area contributed by atoms with Gasteiger partial charge >= 0.3 is 0 Å². The van der Waals surface area contributed by atoms with Crippen molar-refractivity contribution < 1.29 is 0 Å². The van der Waals surface area contributed by atoms with E-state index in [0.717, 1.165) is 18.0 Å². The van der Waals surface area contributed by atoms with E-state index in [2.05, 4.69) is 72.9 Å². The van der Waals surface area contributed by atoms with Gasteiger partial charge in [0.25, 0.3) is 0 Å². The predicted molar refractivity (Wildman–Crippen MR) is 104 cm³/mol. The molecule has 0 aromatic heterocycles. The molecule has 0 atom stereocenters. The molecule has 0 bridgehead atoms. The van der Waals surface area contributed by atoms with Gasteiger partial charge in [0, 0.05) is 6.54 Å². The van der Waals surface area contributed by atoms with E-state index in [-0.39, 0.29) is 0 Å². The molecule has 0 amide bonds. The maximum atomic E-state index is 5.09. The van der Waals surface area contributed by atoms with Gasteiger partial charge in [-0.15, -0.1) is 0 Å². The Morgan fingerprint density at radius 1 is 0.957 bits per heavy atom. The third-order valence-corrected chi connectivity index (χ3v) is 4.27. The number of fused-ring (bicyclic) bond motifs is 1. The summed E-state index contributed by atoms with van der Waals surface area (Å²) < 4.78 is 0. The van der Waals surface area contributed by atoms with Crippen LogP contribution in [0.15, 0.2) is 60.7 Å². The summed E-state index contributed by atoms with van der Waals surface area (Å²) in [4.78, 5) is 0.852. The summed E-state index contributed by atoms with van der Waals surface area (Å²) in [5.74, 6) is 0. The van der Waals surface area contributed by atoms with E-state index in [1.807, 2.05) is 6.92 Å². The standard InChI is InChI=1S/C21H21NS/c1-15-6-8-17(9-7-15)20-11-10-18-4-3-5-19(21(18)14-20)12-13-22-16(2)23/h3-11,14H,12-13H2,1-2H3,(H,22,23). The van der Waals surface area contributed by atoms with E-state index in [1.165, 1.54) is 33.0 Å². The zero-order valence-corrected chi connectivity index (χ0v) is 14.4. The van der Waals surface area contributed by atoms with Crippen LogP contribution in [0.4, 0.5) is 0 Å². The Morgan fingerprint density at radius 2 is 1.70 bits per heavy atom. The number of benzene rings is 3. The quantitative estimate of drug-likeness (QED) is 0.655. The van der Waals surface area contributed by atoms with Gasteiger partial charge in [-0.25, -0.2) is 0 Å². The normalized spacial score (nSPS) is 10.7. The maximum Gasteiger partial charge on any atom is 0.0722 e. The molecule has 0 radical (unpaired) electrons. The average molecular weight is 319 g/mol. The van der Waals surface area contributed by atoms with Crippen molar-refractivity contribution in [1.29, 1.82) is 0 Å². The van der Waals surface area contributed by atoms with Crippen molar-refractivity contribution in [2.24, 2.45) is 0 Å². The molecule has 3 aromatic rings. The monoisotopic (exact) mass is 319 g/mol. The van der Waals surface area contributed by atoms with E-state index in [1.54, 1.807) is 0 Å². The van der Waals surface area contributed by atoms with Crippen molar-refractivity contribution in [3.05, 3.63) is 71.8 Å². The van der Waals surface area contributed by atoms with Crippen molar-refractivity contribution in [2.75, 3.05) is 6.54 Å². The highest BCUT2D eigenvalue weighted by Crippen LogP contribution is 2.27. The summed E-state index contributed by atoms with van der Waals surface area (Å²) in [6.45, 7) is 4.92. The lowest BCUT2D eigenvalue weighted by Crippen LogP contribution is -2.20. The predicted octanol–water partition coefficient (Wildman–Crippen LogP) is 5.29. The Hall–Kier alpha value is -2.19. The smallest absolute Gasteiger partial charge is 0.0722 e. The van der Waals surface area contributed by atoms with E-state index in [0.29, 0.717) is 0 Å². The lowest BCUT2D eigenvalue weighted by atomic mass is 9.96. The van der Waals surface area contributed by atoms with Gasteiger partial charge in [-0.05, 0) is 53.8 Å². The first kappa shape index (κ1) is 15.7. The van der Waals surface area contributed by atoms with Gasteiger partial charge in [0.2, 0.25) is 0 Å². The number of hydrogen-bond acceptors (Lipinski definition) is 1. The molecular weight excluding hydrogens is 298 g/mol. The molecule has 1 N–H and O–H groups in total. The first-order valence-corrected chi connectivity index (χ1v) is 8.37. The van der Waals surface area contributed by atoms with Gasteiger partial charge in [-0.3, -0.25) is 0 Å². The molecule has 2 heteroatoms. The van der Waals surface area contributed by atoms with Crippen LogP contribution in [0.3, 0.4) is 0 Å². The van der Waals surface area contributed by atoms with Crippen molar-refractivity contribution in [2.45, 2.75) is 20.3 Å². The highest BCUT2D eigenvalue weighted by Gasteiger charge is 2.04. The van der Waals surface area contributed by atoms with Gasteiger partial charge in [0.15, 0.2) is 0 Å². The Labute approximate surface area is 143 Å². The molecule has 3 aromatic carbocycles. The fraction of sp³-hybridized carbons (Fsp3) is 0.190. The molecular formula is C21H21NS. The average Bonchev–Trinajstić information content (AvgIpc) is 2.55. The SMILES string of the molecule is CC(=S)NCCc1cccc2ccc(-c3ccc(C)cc3)cc12. The van der Waals surface area contributed by atoms with Crippen molar-refractivity contribution in [1.82, 2.24) is 5.32 Å². The fourth-order valence-corrected chi connectivity index (χ4v) is 2.96. The molecule has 0 unspecified atom stereocenters. The molecule has 116 valence electrons. The Bertz CT molecular complexity index is 834. The van der Waals surface area contributed by atoms with Crippen LogP contribution in [0.25, 0.3) is 21.9 Å². The third-order valence-electron chi connectivity index (χ3n) is 4.13. The van der Waals surface area contributed by atoms with Gasteiger partial charge in [0.05, 0.1) is 4.99 Å². The Balaban J connectivity index is 1.96. The number of thiocarbonyl (C=S) groups is 1. The largest absolute Gasteiger partial charge is 0.380 e. The summed E-state index contributed by atoms with van der Waals surface area (Å²) in [6.07, 6.45) is 0.975. The molecule has 0 heterocycles. The van der Waals surface area contributed by atoms with E-state index in [9.17, 15) is 0 Å². The first-order valence-electron chi connectivity index (χ1n) is 7.96. The van der Waals surface area contributed by atoms with Crippen LogP contribution in [0.2, 0.25) is 0 Å². The van der Waals surface area contributed by atoms with Crippen molar-refractivity contribution >= 4 is 28.0 Å². The molecule has 23 heavy (non-hydrogen) atoms. The minimum atomic E-state index is 0.852. The highest BCUT2D eigenvalue weighted by atomic mass is 32.1. The lowest BCUT2D eigenvalue weighted by molar-refractivity contribution is 0.877. The third kappa shape index (κ3) is 3.77. The summed E-state index contributed by atoms with van der Waals surface area (Å²) in [7, 11) is 0. The second kappa shape index (κ2) is 6.93. The topological polar surface area (TPSA) is 12.0 Å². The molecule has 0 aliphatic carbocycles. The molecule has 0 saturated carbocycles. The molecule has 0 aliphatic rings. The fourth-order valence-electron chi connectivity index (χ4n) is 2.85. The second-order valence-electron chi connectivity index (χ2n) is 5.95. The van der Waals surface area contributed by atoms with Crippen LogP contribution in [0.5, 0.6) is 0 Å². The molecule has 3 rings (SSSR count). The summed E-state index contributed by atoms with van der Waals surface area (Å²) in [5, 5.41) is 5.86. The van der Waals surface area contributed by atoms with E-state index in [4.69, 9.17) is 12.2 Å².